The third-order valence-corrected chi connectivity index (χ3v) is 5.17. The Balaban J connectivity index is 1.38. The Kier molecular flexibility index (Phi) is 5.10. The Morgan fingerprint density at radius 1 is 0.731 bits per heavy atom. The Labute approximate surface area is 154 Å². The van der Waals surface area contributed by atoms with Gasteiger partial charge in [-0.15, -0.1) is 0 Å². The van der Waals surface area contributed by atoms with E-state index in [1.807, 2.05) is 18.3 Å². The molecule has 0 spiro atoms. The van der Waals surface area contributed by atoms with Crippen molar-refractivity contribution in [1.29, 1.82) is 0 Å². The Bertz CT molecular complexity index is 693. The first-order chi connectivity index (χ1) is 12.8. The summed E-state index contributed by atoms with van der Waals surface area (Å²) in [7, 11) is 0. The Hall–Kier alpha value is -2.48. The van der Waals surface area contributed by atoms with E-state index in [0.29, 0.717) is 0 Å². The van der Waals surface area contributed by atoms with Crippen LogP contribution in [0.5, 0.6) is 0 Å². The minimum Gasteiger partial charge on any atom is -0.354 e. The van der Waals surface area contributed by atoms with Crippen molar-refractivity contribution >= 4 is 17.7 Å². The molecule has 26 heavy (non-hydrogen) atoms. The first-order valence-electron chi connectivity index (χ1n) is 9.41. The number of likely N-dealkylation sites (N-methyl/N-ethyl adjacent to an activating group) is 1. The van der Waals surface area contributed by atoms with Crippen LogP contribution in [0.4, 0.5) is 17.7 Å². The lowest BCUT2D eigenvalue weighted by atomic mass is 10.3. The molecule has 0 bridgehead atoms. The first kappa shape index (κ1) is 17.0. The summed E-state index contributed by atoms with van der Waals surface area (Å²) in [5, 5.41) is 0. The van der Waals surface area contributed by atoms with Crippen molar-refractivity contribution in [2.24, 2.45) is 0 Å². The van der Waals surface area contributed by atoms with E-state index in [-0.39, 0.29) is 0 Å². The molecule has 2 aliphatic rings. The maximum atomic E-state index is 4.84. The number of aromatic nitrogens is 4. The fraction of sp³-hybridized carbons (Fsp3) is 0.556. The van der Waals surface area contributed by atoms with E-state index in [2.05, 4.69) is 41.5 Å². The van der Waals surface area contributed by atoms with Crippen LogP contribution in [0.15, 0.2) is 30.7 Å². The van der Waals surface area contributed by atoms with Crippen molar-refractivity contribution in [3.8, 4) is 0 Å². The van der Waals surface area contributed by atoms with Gasteiger partial charge in [0.25, 0.3) is 0 Å². The predicted molar refractivity (Wildman–Crippen MR) is 103 cm³/mol. The summed E-state index contributed by atoms with van der Waals surface area (Å²) in [6.45, 7) is 11.1. The zero-order valence-electron chi connectivity index (χ0n) is 15.3. The van der Waals surface area contributed by atoms with Crippen molar-refractivity contribution in [3.05, 3.63) is 30.7 Å². The smallest absolute Gasteiger partial charge is 0.227 e. The fourth-order valence-corrected chi connectivity index (χ4v) is 3.52. The molecule has 8 heteroatoms. The molecule has 2 aromatic heterocycles. The SMILES string of the molecule is CCN1CCN(c2ccnc(N3CCN(c4ncccn4)CC3)n2)CC1. The standard InChI is InChI=1S/C18H26N8/c1-2-23-8-10-24(11-9-23)16-4-7-21-18(22-16)26-14-12-25(13-15-26)17-19-5-3-6-20-17/h3-7H,2,8-15H2,1H3. The van der Waals surface area contributed by atoms with Crippen molar-refractivity contribution in [2.45, 2.75) is 6.92 Å². The monoisotopic (exact) mass is 354 g/mol. The van der Waals surface area contributed by atoms with Crippen molar-refractivity contribution < 1.29 is 0 Å². The fourth-order valence-electron chi connectivity index (χ4n) is 3.52. The van der Waals surface area contributed by atoms with E-state index in [4.69, 9.17) is 4.98 Å². The predicted octanol–water partition coefficient (Wildman–Crippen LogP) is 0.735. The molecule has 0 radical (unpaired) electrons. The van der Waals surface area contributed by atoms with E-state index in [1.165, 1.54) is 0 Å². The summed E-state index contributed by atoms with van der Waals surface area (Å²) in [4.78, 5) is 27.4. The van der Waals surface area contributed by atoms with Gasteiger partial charge in [-0.3, -0.25) is 0 Å². The third kappa shape index (κ3) is 3.70. The lowest BCUT2D eigenvalue weighted by Crippen LogP contribution is -2.48. The topological polar surface area (TPSA) is 64.5 Å². The Morgan fingerprint density at radius 3 is 1.96 bits per heavy atom. The largest absolute Gasteiger partial charge is 0.354 e. The van der Waals surface area contributed by atoms with Gasteiger partial charge < -0.3 is 19.6 Å². The molecule has 2 fully saturated rings. The van der Waals surface area contributed by atoms with Crippen LogP contribution < -0.4 is 14.7 Å². The van der Waals surface area contributed by atoms with Gasteiger partial charge >= 0.3 is 0 Å². The van der Waals surface area contributed by atoms with E-state index in [9.17, 15) is 0 Å². The van der Waals surface area contributed by atoms with E-state index in [0.717, 1.165) is 76.6 Å². The molecule has 2 saturated heterocycles. The molecule has 2 aromatic rings. The van der Waals surface area contributed by atoms with Crippen molar-refractivity contribution in [2.75, 3.05) is 73.6 Å². The normalized spacial score (nSPS) is 19.0. The Morgan fingerprint density at radius 2 is 1.31 bits per heavy atom. The second-order valence-corrected chi connectivity index (χ2v) is 6.66. The number of hydrogen-bond acceptors (Lipinski definition) is 8. The van der Waals surface area contributed by atoms with E-state index < -0.39 is 0 Å². The van der Waals surface area contributed by atoms with Crippen molar-refractivity contribution in [3.63, 3.8) is 0 Å². The first-order valence-corrected chi connectivity index (χ1v) is 9.41. The van der Waals surface area contributed by atoms with Gasteiger partial charge in [0.15, 0.2) is 0 Å². The van der Waals surface area contributed by atoms with Crippen LogP contribution in [-0.2, 0) is 0 Å². The summed E-state index contributed by atoms with van der Waals surface area (Å²) in [6, 6.07) is 3.87. The average molecular weight is 354 g/mol. The zero-order chi connectivity index (χ0) is 17.8. The summed E-state index contributed by atoms with van der Waals surface area (Å²) in [5.41, 5.74) is 0. The van der Waals surface area contributed by atoms with Gasteiger partial charge in [0.05, 0.1) is 0 Å². The van der Waals surface area contributed by atoms with Crippen LogP contribution in [0.25, 0.3) is 0 Å². The quantitative estimate of drug-likeness (QED) is 0.796. The van der Waals surface area contributed by atoms with Crippen LogP contribution in [0.2, 0.25) is 0 Å². The molecule has 0 aliphatic carbocycles. The van der Waals surface area contributed by atoms with Gasteiger partial charge in [0.2, 0.25) is 11.9 Å². The molecule has 4 heterocycles. The molecule has 8 nitrogen and oxygen atoms in total. The number of nitrogens with zero attached hydrogens (tertiary/aromatic N) is 8. The lowest BCUT2D eigenvalue weighted by molar-refractivity contribution is 0.270. The van der Waals surface area contributed by atoms with Gasteiger partial charge in [-0.1, -0.05) is 6.92 Å². The summed E-state index contributed by atoms with van der Waals surface area (Å²) in [5.74, 6) is 2.67. The summed E-state index contributed by atoms with van der Waals surface area (Å²) in [6.07, 6.45) is 5.47. The number of hydrogen-bond donors (Lipinski definition) is 0. The van der Waals surface area contributed by atoms with Gasteiger partial charge in [-0.2, -0.15) is 4.98 Å². The van der Waals surface area contributed by atoms with Gasteiger partial charge in [-0.05, 0) is 18.7 Å². The molecule has 0 N–H and O–H groups in total. The van der Waals surface area contributed by atoms with Gasteiger partial charge in [-0.25, -0.2) is 15.0 Å². The highest BCUT2D eigenvalue weighted by Gasteiger charge is 2.22. The second kappa shape index (κ2) is 7.82. The van der Waals surface area contributed by atoms with Crippen LogP contribution in [0, 0.1) is 0 Å². The average Bonchev–Trinajstić information content (AvgIpc) is 2.75. The molecule has 0 unspecified atom stereocenters. The molecule has 2 aliphatic heterocycles. The van der Waals surface area contributed by atoms with Crippen LogP contribution >= 0.6 is 0 Å². The minimum atomic E-state index is 0.801. The summed E-state index contributed by atoms with van der Waals surface area (Å²) >= 11 is 0. The summed E-state index contributed by atoms with van der Waals surface area (Å²) < 4.78 is 0. The van der Waals surface area contributed by atoms with E-state index >= 15 is 0 Å². The molecule has 0 aromatic carbocycles. The number of rotatable bonds is 4. The van der Waals surface area contributed by atoms with Crippen LogP contribution in [0.1, 0.15) is 6.92 Å². The molecule has 0 amide bonds. The van der Waals surface area contributed by atoms with E-state index in [1.54, 1.807) is 12.4 Å². The van der Waals surface area contributed by atoms with Gasteiger partial charge in [0.1, 0.15) is 5.82 Å². The third-order valence-electron chi connectivity index (χ3n) is 5.17. The molecule has 0 saturated carbocycles. The molecular weight excluding hydrogens is 328 g/mol. The minimum absolute atomic E-state index is 0.801. The van der Waals surface area contributed by atoms with Gasteiger partial charge in [0, 0.05) is 70.9 Å². The molecule has 138 valence electrons. The number of piperazine rings is 2. The highest BCUT2D eigenvalue weighted by molar-refractivity contribution is 5.45. The van der Waals surface area contributed by atoms with Crippen molar-refractivity contribution in [1.82, 2.24) is 24.8 Å². The maximum absolute atomic E-state index is 4.84. The molecule has 4 rings (SSSR count). The highest BCUT2D eigenvalue weighted by Crippen LogP contribution is 2.19. The molecular formula is C18H26N8. The lowest BCUT2D eigenvalue weighted by Gasteiger charge is -2.36. The highest BCUT2D eigenvalue weighted by atomic mass is 15.4. The second-order valence-electron chi connectivity index (χ2n) is 6.66. The van der Waals surface area contributed by atoms with Crippen LogP contribution in [-0.4, -0.2) is 83.7 Å². The molecule has 0 atom stereocenters. The maximum Gasteiger partial charge on any atom is 0.227 e. The zero-order valence-corrected chi connectivity index (χ0v) is 15.3. The van der Waals surface area contributed by atoms with Crippen LogP contribution in [0.3, 0.4) is 0 Å². The number of anilines is 3.